The number of rotatable bonds is 0. The summed E-state index contributed by atoms with van der Waals surface area (Å²) < 4.78 is 13.1. The summed E-state index contributed by atoms with van der Waals surface area (Å²) in [6.07, 6.45) is 1.32. The van der Waals surface area contributed by atoms with E-state index < -0.39 is 5.82 Å². The molecule has 1 aromatic carbocycles. The fraction of sp³-hybridized carbons (Fsp3) is 0.300. The van der Waals surface area contributed by atoms with Crippen molar-refractivity contribution in [3.63, 3.8) is 0 Å². The van der Waals surface area contributed by atoms with Crippen LogP contribution in [0.25, 0.3) is 0 Å². The number of alkyl halides is 1. The van der Waals surface area contributed by atoms with Crippen molar-refractivity contribution >= 4 is 33.3 Å². The summed E-state index contributed by atoms with van der Waals surface area (Å²) in [4.78, 5) is 11.5. The Balaban J connectivity index is 2.59. The lowest BCUT2D eigenvalue weighted by Crippen LogP contribution is -2.22. The highest BCUT2D eigenvalue weighted by Gasteiger charge is 2.27. The molecule has 0 radical (unpaired) electrons. The number of carbonyl (C=O) groups is 1. The van der Waals surface area contributed by atoms with Gasteiger partial charge in [-0.15, -0.1) is 0 Å². The fourth-order valence-corrected chi connectivity index (χ4v) is 2.37. The van der Waals surface area contributed by atoms with Crippen LogP contribution in [0.5, 0.6) is 0 Å². The third-order valence-electron chi connectivity index (χ3n) is 2.39. The van der Waals surface area contributed by atoms with E-state index in [1.165, 1.54) is 12.1 Å². The van der Waals surface area contributed by atoms with Crippen molar-refractivity contribution in [2.75, 3.05) is 0 Å². The molecule has 0 amide bonds. The second-order valence-electron chi connectivity index (χ2n) is 3.26. The first-order chi connectivity index (χ1) is 6.61. The van der Waals surface area contributed by atoms with Crippen LogP contribution in [0, 0.1) is 5.82 Å². The molecule has 0 N–H and O–H groups in total. The van der Waals surface area contributed by atoms with E-state index in [2.05, 4.69) is 15.9 Å². The van der Waals surface area contributed by atoms with Gasteiger partial charge >= 0.3 is 0 Å². The molecule has 0 fully saturated rings. The van der Waals surface area contributed by atoms with E-state index in [9.17, 15) is 9.18 Å². The van der Waals surface area contributed by atoms with Crippen LogP contribution in [-0.4, -0.2) is 10.6 Å². The highest BCUT2D eigenvalue weighted by molar-refractivity contribution is 9.10. The van der Waals surface area contributed by atoms with Gasteiger partial charge in [-0.1, -0.05) is 27.5 Å². The van der Waals surface area contributed by atoms with Crippen molar-refractivity contribution in [1.82, 2.24) is 0 Å². The lowest BCUT2D eigenvalue weighted by molar-refractivity contribution is 0.0981. The number of benzene rings is 1. The molecule has 14 heavy (non-hydrogen) atoms. The number of halogens is 3. The van der Waals surface area contributed by atoms with Crippen molar-refractivity contribution in [1.29, 1.82) is 0 Å². The van der Waals surface area contributed by atoms with Gasteiger partial charge in [0.2, 0.25) is 0 Å². The van der Waals surface area contributed by atoms with Gasteiger partial charge in [0.05, 0.1) is 9.85 Å². The largest absolute Gasteiger partial charge is 0.293 e. The van der Waals surface area contributed by atoms with Gasteiger partial charge in [-0.25, -0.2) is 4.39 Å². The normalized spacial score (nSPS) is 20.8. The average molecular weight is 278 g/mol. The molecule has 1 aliphatic rings. The van der Waals surface area contributed by atoms with Crippen LogP contribution in [0.3, 0.4) is 0 Å². The van der Waals surface area contributed by atoms with Crippen molar-refractivity contribution in [3.05, 3.63) is 34.1 Å². The first-order valence-corrected chi connectivity index (χ1v) is 5.56. The lowest BCUT2D eigenvalue weighted by atomic mass is 9.90. The molecule has 0 aromatic heterocycles. The minimum Gasteiger partial charge on any atom is -0.293 e. The van der Waals surface area contributed by atoms with Crippen molar-refractivity contribution in [2.24, 2.45) is 0 Å². The Labute approximate surface area is 94.4 Å². The van der Waals surface area contributed by atoms with Crippen LogP contribution in [-0.2, 0) is 6.42 Å². The van der Waals surface area contributed by atoms with Crippen LogP contribution in [0.2, 0.25) is 5.02 Å². The minimum atomic E-state index is -0.453. The highest BCUT2D eigenvalue weighted by atomic mass is 79.9. The Kier molecular flexibility index (Phi) is 2.62. The Morgan fingerprint density at radius 3 is 2.93 bits per heavy atom. The Morgan fingerprint density at radius 1 is 1.50 bits per heavy atom. The lowest BCUT2D eigenvalue weighted by Gasteiger charge is -2.19. The molecular weight excluding hydrogens is 270 g/mol. The van der Waals surface area contributed by atoms with Gasteiger partial charge < -0.3 is 0 Å². The van der Waals surface area contributed by atoms with Crippen molar-refractivity contribution < 1.29 is 9.18 Å². The zero-order valence-corrected chi connectivity index (χ0v) is 9.53. The van der Waals surface area contributed by atoms with E-state index in [1.54, 1.807) is 0 Å². The molecule has 1 aromatic rings. The quantitative estimate of drug-likeness (QED) is 0.665. The SMILES string of the molecule is O=C1c2ccc(F)c(Cl)c2CCC1Br. The third kappa shape index (κ3) is 1.48. The highest BCUT2D eigenvalue weighted by Crippen LogP contribution is 2.32. The van der Waals surface area contributed by atoms with E-state index >= 15 is 0 Å². The van der Waals surface area contributed by atoms with Gasteiger partial charge in [0.15, 0.2) is 5.78 Å². The Morgan fingerprint density at radius 2 is 2.21 bits per heavy atom. The molecule has 0 aliphatic heterocycles. The average Bonchev–Trinajstić information content (AvgIpc) is 2.17. The molecule has 0 spiro atoms. The second-order valence-corrected chi connectivity index (χ2v) is 4.74. The molecule has 0 saturated heterocycles. The molecular formula is C10H7BrClFO. The van der Waals surface area contributed by atoms with Crippen molar-refractivity contribution in [2.45, 2.75) is 17.7 Å². The van der Waals surface area contributed by atoms with Gasteiger partial charge in [0.1, 0.15) is 5.82 Å². The topological polar surface area (TPSA) is 17.1 Å². The molecule has 1 nitrogen and oxygen atoms in total. The van der Waals surface area contributed by atoms with Gasteiger partial charge in [0, 0.05) is 5.56 Å². The van der Waals surface area contributed by atoms with E-state index in [4.69, 9.17) is 11.6 Å². The third-order valence-corrected chi connectivity index (χ3v) is 3.68. The number of carbonyl (C=O) groups excluding carboxylic acids is 1. The first kappa shape index (κ1) is 10.1. The van der Waals surface area contributed by atoms with E-state index in [0.29, 0.717) is 24.0 Å². The summed E-state index contributed by atoms with van der Waals surface area (Å²) >= 11 is 9.06. The van der Waals surface area contributed by atoms with Crippen molar-refractivity contribution in [3.8, 4) is 0 Å². The van der Waals surface area contributed by atoms with Gasteiger partial charge in [-0.3, -0.25) is 4.79 Å². The molecule has 0 bridgehead atoms. The van der Waals surface area contributed by atoms with E-state index in [1.807, 2.05) is 0 Å². The van der Waals surface area contributed by atoms with Gasteiger partial charge in [-0.2, -0.15) is 0 Å². The van der Waals surface area contributed by atoms with Gasteiger partial charge in [0.25, 0.3) is 0 Å². The van der Waals surface area contributed by atoms with Crippen LogP contribution in [0.4, 0.5) is 4.39 Å². The summed E-state index contributed by atoms with van der Waals surface area (Å²) in [5.41, 5.74) is 1.19. The summed E-state index contributed by atoms with van der Waals surface area (Å²) in [5.74, 6) is -0.459. The minimum absolute atomic E-state index is 0.00634. The van der Waals surface area contributed by atoms with Crippen LogP contribution < -0.4 is 0 Å². The predicted molar refractivity (Wildman–Crippen MR) is 56.8 cm³/mol. The van der Waals surface area contributed by atoms with Crippen LogP contribution >= 0.6 is 27.5 Å². The Hall–Kier alpha value is -0.410. The predicted octanol–water partition coefficient (Wildman–Crippen LogP) is 3.37. The number of fused-ring (bicyclic) bond motifs is 1. The summed E-state index contributed by atoms with van der Waals surface area (Å²) in [5, 5.41) is 0.0928. The number of ketones is 1. The molecule has 74 valence electrons. The summed E-state index contributed by atoms with van der Waals surface area (Å²) in [7, 11) is 0. The summed E-state index contributed by atoms with van der Waals surface area (Å²) in [6.45, 7) is 0. The number of hydrogen-bond acceptors (Lipinski definition) is 1. The maximum Gasteiger partial charge on any atom is 0.176 e. The smallest absolute Gasteiger partial charge is 0.176 e. The molecule has 1 aliphatic carbocycles. The molecule has 0 heterocycles. The number of Topliss-reactive ketones (excluding diaryl/α,β-unsaturated/α-hetero) is 1. The molecule has 4 heteroatoms. The molecule has 1 unspecified atom stereocenters. The summed E-state index contributed by atoms with van der Waals surface area (Å²) in [6, 6.07) is 2.75. The fourth-order valence-electron chi connectivity index (χ4n) is 1.64. The molecule has 1 atom stereocenters. The Bertz CT molecular complexity index is 405. The zero-order valence-electron chi connectivity index (χ0n) is 7.19. The van der Waals surface area contributed by atoms with Crippen LogP contribution in [0.15, 0.2) is 12.1 Å². The van der Waals surface area contributed by atoms with E-state index in [0.717, 1.165) is 0 Å². The van der Waals surface area contributed by atoms with Gasteiger partial charge in [-0.05, 0) is 30.5 Å². The maximum absolute atomic E-state index is 13.1. The van der Waals surface area contributed by atoms with E-state index in [-0.39, 0.29) is 15.6 Å². The van der Waals surface area contributed by atoms with Crippen LogP contribution in [0.1, 0.15) is 22.3 Å². The molecule has 0 saturated carbocycles. The number of hydrogen-bond donors (Lipinski definition) is 0. The standard InChI is InChI=1S/C10H7BrClFO/c11-7-3-1-5-6(10(7)14)2-4-8(13)9(5)12/h2,4,7H,1,3H2. The first-order valence-electron chi connectivity index (χ1n) is 4.26. The maximum atomic E-state index is 13.1. The zero-order chi connectivity index (χ0) is 10.3. The molecule has 2 rings (SSSR count). The second kappa shape index (κ2) is 3.63. The monoisotopic (exact) mass is 276 g/mol.